The molecule has 0 atom stereocenters. The number of rotatable bonds is 1. The van der Waals surface area contributed by atoms with Crippen LogP contribution in [0.1, 0.15) is 0 Å². The van der Waals surface area contributed by atoms with Crippen LogP contribution >= 0.6 is 0 Å². The highest BCUT2D eigenvalue weighted by Crippen LogP contribution is 2.12. The van der Waals surface area contributed by atoms with E-state index in [4.69, 9.17) is 15.7 Å². The normalized spacial score (nSPS) is 7.55. The van der Waals surface area contributed by atoms with Crippen molar-refractivity contribution in [3.8, 4) is 12.3 Å². The minimum absolute atomic E-state index is 0.731. The number of methoxy groups -OCH3 is 1. The summed E-state index contributed by atoms with van der Waals surface area (Å²) in [4.78, 5) is 0. The number of anilines is 1. The number of hydrogen-bond donors (Lipinski definition) is 1. The fourth-order valence-corrected chi connectivity index (χ4v) is 0.642. The van der Waals surface area contributed by atoms with E-state index in [9.17, 15) is 0 Å². The van der Waals surface area contributed by atoms with E-state index in [0.29, 0.717) is 0 Å². The molecule has 1 aromatic carbocycles. The molecule has 1 aromatic rings. The van der Waals surface area contributed by atoms with Crippen molar-refractivity contribution in [2.75, 3.05) is 12.8 Å². The molecule has 0 aliphatic heterocycles. The van der Waals surface area contributed by atoms with Crippen LogP contribution in [0, 0.1) is 11.8 Å². The first-order valence-corrected chi connectivity index (χ1v) is 2.98. The van der Waals surface area contributed by atoms with E-state index in [0.717, 1.165) is 11.4 Å². The zero-order valence-electron chi connectivity index (χ0n) is 6.32. The first kappa shape index (κ1) is 9.31. The molecule has 1 rings (SSSR count). The van der Waals surface area contributed by atoms with Gasteiger partial charge in [-0.25, -0.2) is 5.26 Å². The summed E-state index contributed by atoms with van der Waals surface area (Å²) in [6.07, 6.45) is 0. The van der Waals surface area contributed by atoms with Crippen molar-refractivity contribution in [2.45, 2.75) is 0 Å². The SMILES string of the molecule is C#N.COc1cccc(N)c1. The van der Waals surface area contributed by atoms with E-state index in [1.807, 2.05) is 18.2 Å². The standard InChI is InChI=1S/C7H9NO.CHN/c1-9-7-4-2-3-6(8)5-7;1-2/h2-5H,8H2,1H3;1H. The molecule has 0 saturated carbocycles. The van der Waals surface area contributed by atoms with Crippen LogP contribution < -0.4 is 10.5 Å². The zero-order valence-corrected chi connectivity index (χ0v) is 6.32. The van der Waals surface area contributed by atoms with Gasteiger partial charge in [0, 0.05) is 18.3 Å². The maximum Gasteiger partial charge on any atom is 0.120 e. The van der Waals surface area contributed by atoms with Crippen molar-refractivity contribution in [1.29, 1.82) is 5.26 Å². The molecule has 0 aromatic heterocycles. The maximum absolute atomic E-state index is 6.50. The molecular formula is C8H10N2O. The quantitative estimate of drug-likeness (QED) is 0.616. The van der Waals surface area contributed by atoms with Gasteiger partial charge in [-0.2, -0.15) is 0 Å². The summed E-state index contributed by atoms with van der Waals surface area (Å²) >= 11 is 0. The van der Waals surface area contributed by atoms with Crippen LogP contribution in [0.5, 0.6) is 5.75 Å². The van der Waals surface area contributed by atoms with Crippen molar-refractivity contribution in [3.63, 3.8) is 0 Å². The topological polar surface area (TPSA) is 59.0 Å². The van der Waals surface area contributed by atoms with Gasteiger partial charge in [0.15, 0.2) is 0 Å². The lowest BCUT2D eigenvalue weighted by Gasteiger charge is -1.97. The van der Waals surface area contributed by atoms with Crippen LogP contribution in [0.3, 0.4) is 0 Å². The molecule has 2 N–H and O–H groups in total. The minimum Gasteiger partial charge on any atom is -0.497 e. The fourth-order valence-electron chi connectivity index (χ4n) is 0.642. The zero-order chi connectivity index (χ0) is 8.69. The second kappa shape index (κ2) is 5.12. The average molecular weight is 150 g/mol. The van der Waals surface area contributed by atoms with Crippen LogP contribution in [-0.2, 0) is 0 Å². The Kier molecular flexibility index (Phi) is 4.34. The van der Waals surface area contributed by atoms with E-state index in [-0.39, 0.29) is 0 Å². The van der Waals surface area contributed by atoms with E-state index in [1.165, 1.54) is 0 Å². The highest BCUT2D eigenvalue weighted by atomic mass is 16.5. The first-order chi connectivity index (χ1) is 5.33. The van der Waals surface area contributed by atoms with E-state index in [2.05, 4.69) is 6.57 Å². The number of benzene rings is 1. The van der Waals surface area contributed by atoms with Crippen molar-refractivity contribution < 1.29 is 4.74 Å². The number of nitrogens with zero attached hydrogens (tertiary/aromatic N) is 1. The molecule has 3 heteroatoms. The Labute approximate surface area is 66.0 Å². The number of nitrogen functional groups attached to an aromatic ring is 1. The Balaban J connectivity index is 0.000000461. The number of hydrogen-bond acceptors (Lipinski definition) is 3. The number of nitriles is 1. The van der Waals surface area contributed by atoms with Gasteiger partial charge < -0.3 is 10.5 Å². The smallest absolute Gasteiger partial charge is 0.120 e. The lowest BCUT2D eigenvalue weighted by atomic mass is 10.3. The van der Waals surface area contributed by atoms with E-state index < -0.39 is 0 Å². The Bertz CT molecular complexity index is 233. The summed E-state index contributed by atoms with van der Waals surface area (Å²) in [5.41, 5.74) is 6.19. The van der Waals surface area contributed by atoms with Gasteiger partial charge in [0.2, 0.25) is 0 Å². The molecule has 0 unspecified atom stereocenters. The second-order valence-electron chi connectivity index (χ2n) is 1.78. The molecule has 3 nitrogen and oxygen atoms in total. The predicted octanol–water partition coefficient (Wildman–Crippen LogP) is 1.42. The molecule has 0 amide bonds. The van der Waals surface area contributed by atoms with Crippen molar-refractivity contribution in [3.05, 3.63) is 24.3 Å². The second-order valence-corrected chi connectivity index (χ2v) is 1.78. The van der Waals surface area contributed by atoms with Gasteiger partial charge in [0.1, 0.15) is 5.75 Å². The third-order valence-electron chi connectivity index (χ3n) is 1.09. The Morgan fingerprint density at radius 1 is 1.45 bits per heavy atom. The highest BCUT2D eigenvalue weighted by Gasteiger charge is 1.87. The van der Waals surface area contributed by atoms with Gasteiger partial charge >= 0.3 is 0 Å². The summed E-state index contributed by atoms with van der Waals surface area (Å²) in [6.45, 7) is 3.50. The van der Waals surface area contributed by atoms with Crippen LogP contribution in [0.15, 0.2) is 24.3 Å². The molecule has 58 valence electrons. The summed E-state index contributed by atoms with van der Waals surface area (Å²) in [5.74, 6) is 0.801. The third kappa shape index (κ3) is 3.11. The molecule has 0 heterocycles. The molecule has 0 bridgehead atoms. The Hall–Kier alpha value is -1.69. The van der Waals surface area contributed by atoms with Crippen LogP contribution in [0.2, 0.25) is 0 Å². The molecule has 0 aliphatic carbocycles. The Morgan fingerprint density at radius 2 is 2.09 bits per heavy atom. The van der Waals surface area contributed by atoms with Gasteiger partial charge in [0.05, 0.1) is 7.11 Å². The molecule has 0 fully saturated rings. The minimum atomic E-state index is 0.731. The van der Waals surface area contributed by atoms with E-state index >= 15 is 0 Å². The lowest BCUT2D eigenvalue weighted by Crippen LogP contribution is -1.86. The van der Waals surface area contributed by atoms with Gasteiger partial charge in [-0.1, -0.05) is 6.07 Å². The average Bonchev–Trinajstić information content (AvgIpc) is 2.08. The van der Waals surface area contributed by atoms with E-state index in [1.54, 1.807) is 13.2 Å². The van der Waals surface area contributed by atoms with Crippen LogP contribution in [-0.4, -0.2) is 7.11 Å². The van der Waals surface area contributed by atoms with Gasteiger partial charge in [-0.05, 0) is 12.1 Å². The molecule has 0 saturated heterocycles. The summed E-state index contributed by atoms with van der Waals surface area (Å²) in [6, 6.07) is 7.31. The predicted molar refractivity (Wildman–Crippen MR) is 44.1 cm³/mol. The Morgan fingerprint density at radius 3 is 2.45 bits per heavy atom. The molecule has 0 spiro atoms. The summed E-state index contributed by atoms with van der Waals surface area (Å²) < 4.78 is 4.92. The third-order valence-corrected chi connectivity index (χ3v) is 1.09. The number of nitrogens with two attached hydrogens (primary N) is 1. The number of ether oxygens (including phenoxy) is 1. The highest BCUT2D eigenvalue weighted by molar-refractivity contribution is 5.43. The van der Waals surface area contributed by atoms with Gasteiger partial charge in [0.25, 0.3) is 0 Å². The van der Waals surface area contributed by atoms with Crippen LogP contribution in [0.25, 0.3) is 0 Å². The van der Waals surface area contributed by atoms with Crippen molar-refractivity contribution in [2.24, 2.45) is 0 Å². The van der Waals surface area contributed by atoms with Crippen LogP contribution in [0.4, 0.5) is 5.69 Å². The van der Waals surface area contributed by atoms with Gasteiger partial charge in [-0.15, -0.1) is 0 Å². The molecule has 0 radical (unpaired) electrons. The monoisotopic (exact) mass is 150 g/mol. The first-order valence-electron chi connectivity index (χ1n) is 2.98. The summed E-state index contributed by atoms with van der Waals surface area (Å²) in [7, 11) is 1.62. The fraction of sp³-hybridized carbons (Fsp3) is 0.125. The van der Waals surface area contributed by atoms with Gasteiger partial charge in [-0.3, -0.25) is 0 Å². The lowest BCUT2D eigenvalue weighted by molar-refractivity contribution is 0.415. The molecular weight excluding hydrogens is 140 g/mol. The largest absolute Gasteiger partial charge is 0.497 e. The van der Waals surface area contributed by atoms with Crippen molar-refractivity contribution >= 4 is 5.69 Å². The summed E-state index contributed by atoms with van der Waals surface area (Å²) in [5, 5.41) is 6.50. The van der Waals surface area contributed by atoms with Crippen molar-refractivity contribution in [1.82, 2.24) is 0 Å². The maximum atomic E-state index is 6.50. The molecule has 0 aliphatic rings. The molecule has 11 heavy (non-hydrogen) atoms.